The molecule has 1 atom stereocenters. The number of hydrogen-bond acceptors (Lipinski definition) is 3. The molecule has 2 rings (SSSR count). The Morgan fingerprint density at radius 2 is 2.18 bits per heavy atom. The van der Waals surface area contributed by atoms with Crippen molar-refractivity contribution in [3.8, 4) is 0 Å². The standard InChI is InChI=1S/C14H19NO2/c1-2-14(8-9-15-11-14)13(16)17-10-12-6-4-3-5-7-12/h3-7,15H,2,8-11H2,1H3. The first-order valence-electron chi connectivity index (χ1n) is 6.19. The molecule has 0 amide bonds. The maximum Gasteiger partial charge on any atom is 0.313 e. The number of ether oxygens (including phenoxy) is 1. The molecule has 0 spiro atoms. The quantitative estimate of drug-likeness (QED) is 0.810. The Hall–Kier alpha value is -1.35. The Bertz CT molecular complexity index is 369. The first-order valence-corrected chi connectivity index (χ1v) is 6.19. The van der Waals surface area contributed by atoms with E-state index in [-0.39, 0.29) is 11.4 Å². The van der Waals surface area contributed by atoms with Crippen molar-refractivity contribution in [2.24, 2.45) is 5.41 Å². The summed E-state index contributed by atoms with van der Waals surface area (Å²) < 4.78 is 5.43. The van der Waals surface area contributed by atoms with Gasteiger partial charge in [0.05, 0.1) is 5.41 Å². The maximum absolute atomic E-state index is 12.1. The number of esters is 1. The van der Waals surface area contributed by atoms with Gasteiger partial charge in [0, 0.05) is 6.54 Å². The molecule has 1 fully saturated rings. The highest BCUT2D eigenvalue weighted by atomic mass is 16.5. The second kappa shape index (κ2) is 5.32. The lowest BCUT2D eigenvalue weighted by Crippen LogP contribution is -2.34. The smallest absolute Gasteiger partial charge is 0.313 e. The molecule has 0 aliphatic carbocycles. The fraction of sp³-hybridized carbons (Fsp3) is 0.500. The van der Waals surface area contributed by atoms with Gasteiger partial charge in [-0.25, -0.2) is 0 Å². The fourth-order valence-electron chi connectivity index (χ4n) is 2.24. The molecule has 1 aromatic carbocycles. The third kappa shape index (κ3) is 2.67. The SMILES string of the molecule is CCC1(C(=O)OCc2ccccc2)CCNC1. The first kappa shape index (κ1) is 12.1. The normalized spacial score (nSPS) is 23.6. The lowest BCUT2D eigenvalue weighted by molar-refractivity contribution is -0.156. The number of carbonyl (C=O) groups is 1. The van der Waals surface area contributed by atoms with E-state index in [0.29, 0.717) is 6.61 Å². The van der Waals surface area contributed by atoms with E-state index in [1.165, 1.54) is 0 Å². The van der Waals surface area contributed by atoms with E-state index in [1.54, 1.807) is 0 Å². The van der Waals surface area contributed by atoms with Crippen LogP contribution in [0.25, 0.3) is 0 Å². The minimum atomic E-state index is -0.297. The highest BCUT2D eigenvalue weighted by Gasteiger charge is 2.40. The van der Waals surface area contributed by atoms with Gasteiger partial charge in [-0.3, -0.25) is 4.79 Å². The predicted molar refractivity (Wildman–Crippen MR) is 66.4 cm³/mol. The molecule has 1 aromatic rings. The molecule has 3 nitrogen and oxygen atoms in total. The topological polar surface area (TPSA) is 38.3 Å². The number of carbonyl (C=O) groups excluding carboxylic acids is 1. The van der Waals surface area contributed by atoms with Gasteiger partial charge in [0.15, 0.2) is 0 Å². The van der Waals surface area contributed by atoms with Crippen LogP contribution in [0, 0.1) is 5.41 Å². The number of rotatable bonds is 4. The average molecular weight is 233 g/mol. The molecule has 0 radical (unpaired) electrons. The minimum absolute atomic E-state index is 0.0612. The summed E-state index contributed by atoms with van der Waals surface area (Å²) >= 11 is 0. The van der Waals surface area contributed by atoms with Crippen LogP contribution in [0.15, 0.2) is 30.3 Å². The van der Waals surface area contributed by atoms with Crippen LogP contribution >= 0.6 is 0 Å². The first-order chi connectivity index (χ1) is 8.27. The van der Waals surface area contributed by atoms with Gasteiger partial charge < -0.3 is 10.1 Å². The largest absolute Gasteiger partial charge is 0.460 e. The van der Waals surface area contributed by atoms with Crippen molar-refractivity contribution in [3.63, 3.8) is 0 Å². The Morgan fingerprint density at radius 1 is 1.41 bits per heavy atom. The van der Waals surface area contributed by atoms with Crippen molar-refractivity contribution in [2.45, 2.75) is 26.4 Å². The van der Waals surface area contributed by atoms with Crippen molar-refractivity contribution in [1.82, 2.24) is 5.32 Å². The molecular formula is C14H19NO2. The van der Waals surface area contributed by atoms with E-state index < -0.39 is 0 Å². The van der Waals surface area contributed by atoms with Crippen molar-refractivity contribution in [3.05, 3.63) is 35.9 Å². The van der Waals surface area contributed by atoms with Gasteiger partial charge in [-0.1, -0.05) is 37.3 Å². The molecule has 1 aliphatic heterocycles. The predicted octanol–water partition coefficient (Wildman–Crippen LogP) is 2.12. The zero-order valence-corrected chi connectivity index (χ0v) is 10.2. The Kier molecular flexibility index (Phi) is 3.79. The summed E-state index contributed by atoms with van der Waals surface area (Å²) in [6.07, 6.45) is 1.73. The molecule has 1 aliphatic rings. The summed E-state index contributed by atoms with van der Waals surface area (Å²) in [5.74, 6) is -0.0612. The van der Waals surface area contributed by atoms with Crippen LogP contribution < -0.4 is 5.32 Å². The van der Waals surface area contributed by atoms with Gasteiger partial charge in [-0.2, -0.15) is 0 Å². The van der Waals surface area contributed by atoms with Gasteiger partial charge in [0.1, 0.15) is 6.61 Å². The van der Waals surface area contributed by atoms with Crippen LogP contribution in [-0.4, -0.2) is 19.1 Å². The number of benzene rings is 1. The van der Waals surface area contributed by atoms with Crippen LogP contribution in [0.5, 0.6) is 0 Å². The van der Waals surface area contributed by atoms with Crippen LogP contribution in [-0.2, 0) is 16.1 Å². The summed E-state index contributed by atoms with van der Waals surface area (Å²) in [6, 6.07) is 9.81. The van der Waals surface area contributed by atoms with Gasteiger partial charge in [-0.15, -0.1) is 0 Å². The van der Waals surface area contributed by atoms with Crippen LogP contribution in [0.4, 0.5) is 0 Å². The molecule has 92 valence electrons. The molecule has 17 heavy (non-hydrogen) atoms. The van der Waals surface area contributed by atoms with Gasteiger partial charge in [0.25, 0.3) is 0 Å². The molecule has 1 unspecified atom stereocenters. The van der Waals surface area contributed by atoms with Crippen LogP contribution in [0.2, 0.25) is 0 Å². The van der Waals surface area contributed by atoms with Gasteiger partial charge in [0.2, 0.25) is 0 Å². The maximum atomic E-state index is 12.1. The highest BCUT2D eigenvalue weighted by molar-refractivity contribution is 5.77. The molecule has 0 saturated carbocycles. The van der Waals surface area contributed by atoms with Gasteiger partial charge >= 0.3 is 5.97 Å². The van der Waals surface area contributed by atoms with E-state index in [9.17, 15) is 4.79 Å². The monoisotopic (exact) mass is 233 g/mol. The summed E-state index contributed by atoms with van der Waals surface area (Å²) in [7, 11) is 0. The van der Waals surface area contributed by atoms with Crippen molar-refractivity contribution < 1.29 is 9.53 Å². The van der Waals surface area contributed by atoms with E-state index in [1.807, 2.05) is 30.3 Å². The second-order valence-electron chi connectivity index (χ2n) is 4.62. The summed E-state index contributed by atoms with van der Waals surface area (Å²) in [5.41, 5.74) is 0.743. The van der Waals surface area contributed by atoms with E-state index in [0.717, 1.165) is 31.5 Å². The van der Waals surface area contributed by atoms with Gasteiger partial charge in [-0.05, 0) is 24.9 Å². The second-order valence-corrected chi connectivity index (χ2v) is 4.62. The lowest BCUT2D eigenvalue weighted by atomic mass is 9.84. The lowest BCUT2D eigenvalue weighted by Gasteiger charge is -2.23. The van der Waals surface area contributed by atoms with Crippen molar-refractivity contribution >= 4 is 5.97 Å². The molecular weight excluding hydrogens is 214 g/mol. The highest BCUT2D eigenvalue weighted by Crippen LogP contribution is 2.31. The minimum Gasteiger partial charge on any atom is -0.460 e. The Balaban J connectivity index is 1.93. The molecule has 1 N–H and O–H groups in total. The van der Waals surface area contributed by atoms with Crippen molar-refractivity contribution in [2.75, 3.05) is 13.1 Å². The van der Waals surface area contributed by atoms with Crippen LogP contribution in [0.3, 0.4) is 0 Å². The third-order valence-electron chi connectivity index (χ3n) is 3.57. The zero-order chi connectivity index (χ0) is 12.1. The van der Waals surface area contributed by atoms with Crippen LogP contribution in [0.1, 0.15) is 25.3 Å². The number of hydrogen-bond donors (Lipinski definition) is 1. The van der Waals surface area contributed by atoms with E-state index in [4.69, 9.17) is 4.74 Å². The Morgan fingerprint density at radius 3 is 2.76 bits per heavy atom. The number of nitrogens with one attached hydrogen (secondary N) is 1. The molecule has 0 bridgehead atoms. The zero-order valence-electron chi connectivity index (χ0n) is 10.2. The third-order valence-corrected chi connectivity index (χ3v) is 3.57. The Labute approximate surface area is 102 Å². The molecule has 1 heterocycles. The summed E-state index contributed by atoms with van der Waals surface area (Å²) in [4.78, 5) is 12.1. The van der Waals surface area contributed by atoms with E-state index >= 15 is 0 Å². The molecule has 0 aromatic heterocycles. The summed E-state index contributed by atoms with van der Waals surface area (Å²) in [6.45, 7) is 4.09. The fourth-order valence-corrected chi connectivity index (χ4v) is 2.24. The molecule has 1 saturated heterocycles. The van der Waals surface area contributed by atoms with E-state index in [2.05, 4.69) is 12.2 Å². The molecule has 3 heteroatoms. The summed E-state index contributed by atoms with van der Waals surface area (Å²) in [5, 5.41) is 3.24. The van der Waals surface area contributed by atoms with Crippen molar-refractivity contribution in [1.29, 1.82) is 0 Å². The average Bonchev–Trinajstić information content (AvgIpc) is 2.87.